The van der Waals surface area contributed by atoms with E-state index >= 15 is 0 Å². The fourth-order valence-electron chi connectivity index (χ4n) is 2.10. The number of nitrogens with zero attached hydrogens (tertiary/aromatic N) is 2. The lowest BCUT2D eigenvalue weighted by Gasteiger charge is -2.22. The van der Waals surface area contributed by atoms with Gasteiger partial charge >= 0.3 is 0 Å². The Morgan fingerprint density at radius 3 is 2.62 bits per heavy atom. The Kier molecular flexibility index (Phi) is 12.5. The number of hydrogen-bond acceptors (Lipinski definition) is 2. The molecule has 1 aliphatic carbocycles. The summed E-state index contributed by atoms with van der Waals surface area (Å²) >= 11 is 0. The lowest BCUT2D eigenvalue weighted by atomic mass is 10.1. The lowest BCUT2D eigenvalue weighted by molar-refractivity contribution is 0.115. The van der Waals surface area contributed by atoms with Gasteiger partial charge in [0, 0.05) is 33.8 Å². The summed E-state index contributed by atoms with van der Waals surface area (Å²) in [5.74, 6) is 2.63. The first-order valence-electron chi connectivity index (χ1n) is 8.13. The minimum Gasteiger partial charge on any atom is -0.379 e. The second-order valence-electron chi connectivity index (χ2n) is 6.30. The Balaban J connectivity index is 0.00000400. The summed E-state index contributed by atoms with van der Waals surface area (Å²) < 4.78 is 5.67. The molecule has 21 heavy (non-hydrogen) atoms. The molecular weight excluding hydrogens is 377 g/mol. The van der Waals surface area contributed by atoms with Crippen LogP contribution in [0.3, 0.4) is 0 Å². The third kappa shape index (κ3) is 11.2. The van der Waals surface area contributed by atoms with Crippen molar-refractivity contribution in [3.05, 3.63) is 0 Å². The zero-order valence-corrected chi connectivity index (χ0v) is 16.6. The maximum absolute atomic E-state index is 5.67. The Morgan fingerprint density at radius 1 is 1.33 bits per heavy atom. The topological polar surface area (TPSA) is 36.9 Å². The fourth-order valence-corrected chi connectivity index (χ4v) is 2.10. The molecule has 4 nitrogen and oxygen atoms in total. The van der Waals surface area contributed by atoms with Crippen LogP contribution in [0.15, 0.2) is 4.99 Å². The average Bonchev–Trinajstić information content (AvgIpc) is 3.22. The van der Waals surface area contributed by atoms with Gasteiger partial charge in [-0.1, -0.05) is 26.7 Å². The third-order valence-electron chi connectivity index (χ3n) is 3.69. The molecule has 0 aromatic carbocycles. The molecule has 1 aliphatic rings. The van der Waals surface area contributed by atoms with Gasteiger partial charge in [0.05, 0.1) is 6.61 Å². The van der Waals surface area contributed by atoms with Crippen molar-refractivity contribution < 1.29 is 4.74 Å². The molecule has 1 rings (SSSR count). The molecule has 126 valence electrons. The summed E-state index contributed by atoms with van der Waals surface area (Å²) in [5, 5.41) is 3.43. The molecule has 0 radical (unpaired) electrons. The number of hydrogen-bond donors (Lipinski definition) is 1. The highest BCUT2D eigenvalue weighted by atomic mass is 127. The van der Waals surface area contributed by atoms with Gasteiger partial charge in [-0.3, -0.25) is 4.99 Å². The number of aliphatic imine (C=N–C) groups is 1. The molecular formula is C16H34IN3O. The summed E-state index contributed by atoms with van der Waals surface area (Å²) in [6.07, 6.45) is 6.52. The predicted octanol–water partition coefficient (Wildman–Crippen LogP) is 3.36. The number of halogens is 1. The van der Waals surface area contributed by atoms with E-state index in [1.807, 2.05) is 7.05 Å². The van der Waals surface area contributed by atoms with E-state index in [-0.39, 0.29) is 24.0 Å². The van der Waals surface area contributed by atoms with Crippen molar-refractivity contribution in [3.63, 3.8) is 0 Å². The Morgan fingerprint density at radius 2 is 2.05 bits per heavy atom. The van der Waals surface area contributed by atoms with Gasteiger partial charge in [0.1, 0.15) is 0 Å². The SMILES string of the molecule is CN=C(NCCCCC(C)C)N(C)CCOCC1CC1.I. The number of ether oxygens (including phenoxy) is 1. The monoisotopic (exact) mass is 411 g/mol. The second kappa shape index (κ2) is 12.5. The Hall–Kier alpha value is -0.0400. The van der Waals surface area contributed by atoms with Crippen LogP contribution in [0.1, 0.15) is 46.0 Å². The van der Waals surface area contributed by atoms with Crippen LogP contribution in [-0.4, -0.2) is 51.3 Å². The highest BCUT2D eigenvalue weighted by Gasteiger charge is 2.21. The van der Waals surface area contributed by atoms with E-state index in [4.69, 9.17) is 4.74 Å². The predicted molar refractivity (Wildman–Crippen MR) is 102 cm³/mol. The molecule has 0 spiro atoms. The molecule has 0 atom stereocenters. The van der Waals surface area contributed by atoms with Gasteiger partial charge in [-0.25, -0.2) is 0 Å². The molecule has 0 aliphatic heterocycles. The van der Waals surface area contributed by atoms with E-state index in [1.165, 1.54) is 32.1 Å². The maximum atomic E-state index is 5.67. The minimum absolute atomic E-state index is 0. The van der Waals surface area contributed by atoms with Gasteiger partial charge in [-0.05, 0) is 31.1 Å². The second-order valence-corrected chi connectivity index (χ2v) is 6.30. The van der Waals surface area contributed by atoms with Crippen molar-refractivity contribution in [2.45, 2.75) is 46.0 Å². The van der Waals surface area contributed by atoms with Crippen LogP contribution in [0.25, 0.3) is 0 Å². The van der Waals surface area contributed by atoms with Crippen LogP contribution in [0, 0.1) is 11.8 Å². The molecule has 1 fully saturated rings. The van der Waals surface area contributed by atoms with Gasteiger partial charge in [0.15, 0.2) is 5.96 Å². The van der Waals surface area contributed by atoms with Crippen LogP contribution in [-0.2, 0) is 4.74 Å². The highest BCUT2D eigenvalue weighted by molar-refractivity contribution is 14.0. The number of rotatable bonds is 10. The fraction of sp³-hybridized carbons (Fsp3) is 0.938. The molecule has 0 unspecified atom stereocenters. The summed E-state index contributed by atoms with van der Waals surface area (Å²) in [6.45, 7) is 8.20. The Labute approximate surface area is 148 Å². The quantitative estimate of drug-likeness (QED) is 0.259. The smallest absolute Gasteiger partial charge is 0.193 e. The molecule has 0 heterocycles. The van der Waals surface area contributed by atoms with Crippen LogP contribution in [0.2, 0.25) is 0 Å². The molecule has 0 aromatic heterocycles. The van der Waals surface area contributed by atoms with Crippen LogP contribution < -0.4 is 5.32 Å². The highest BCUT2D eigenvalue weighted by Crippen LogP contribution is 2.28. The standard InChI is InChI=1S/C16H33N3O.HI/c1-14(2)7-5-6-10-18-16(17-3)19(4)11-12-20-13-15-8-9-15;/h14-15H,5-13H2,1-4H3,(H,17,18);1H. The zero-order chi connectivity index (χ0) is 14.8. The summed E-state index contributed by atoms with van der Waals surface area (Å²) in [4.78, 5) is 6.47. The summed E-state index contributed by atoms with van der Waals surface area (Å²) in [6, 6.07) is 0. The van der Waals surface area contributed by atoms with E-state index in [2.05, 4.69) is 36.1 Å². The number of unbranched alkanes of at least 4 members (excludes halogenated alkanes) is 1. The molecule has 0 bridgehead atoms. The first-order valence-corrected chi connectivity index (χ1v) is 8.13. The first-order chi connectivity index (χ1) is 9.63. The van der Waals surface area contributed by atoms with Crippen molar-refractivity contribution in [1.82, 2.24) is 10.2 Å². The summed E-state index contributed by atoms with van der Waals surface area (Å²) in [5.41, 5.74) is 0. The Bertz CT molecular complexity index is 281. The average molecular weight is 411 g/mol. The molecule has 0 amide bonds. The van der Waals surface area contributed by atoms with Crippen molar-refractivity contribution in [2.75, 3.05) is 40.4 Å². The normalized spacial score (nSPS) is 15.0. The van der Waals surface area contributed by atoms with Crippen LogP contribution in [0.5, 0.6) is 0 Å². The van der Waals surface area contributed by atoms with Gasteiger partial charge in [-0.15, -0.1) is 24.0 Å². The maximum Gasteiger partial charge on any atom is 0.193 e. The van der Waals surface area contributed by atoms with E-state index in [0.717, 1.165) is 44.1 Å². The van der Waals surface area contributed by atoms with Crippen LogP contribution >= 0.6 is 24.0 Å². The first kappa shape index (κ1) is 21.0. The lowest BCUT2D eigenvalue weighted by Crippen LogP contribution is -2.41. The molecule has 0 saturated heterocycles. The van der Waals surface area contributed by atoms with Crippen molar-refractivity contribution in [2.24, 2.45) is 16.8 Å². The van der Waals surface area contributed by atoms with Crippen molar-refractivity contribution in [3.8, 4) is 0 Å². The third-order valence-corrected chi connectivity index (χ3v) is 3.69. The molecule has 5 heteroatoms. The van der Waals surface area contributed by atoms with Gasteiger partial charge in [0.2, 0.25) is 0 Å². The van der Waals surface area contributed by atoms with Gasteiger partial charge in [-0.2, -0.15) is 0 Å². The zero-order valence-electron chi connectivity index (χ0n) is 14.2. The number of guanidine groups is 1. The van der Waals surface area contributed by atoms with E-state index < -0.39 is 0 Å². The van der Waals surface area contributed by atoms with Crippen LogP contribution in [0.4, 0.5) is 0 Å². The molecule has 0 aromatic rings. The van der Waals surface area contributed by atoms with E-state index in [9.17, 15) is 0 Å². The van der Waals surface area contributed by atoms with Gasteiger partial charge in [0.25, 0.3) is 0 Å². The van der Waals surface area contributed by atoms with Gasteiger partial charge < -0.3 is 15.0 Å². The summed E-state index contributed by atoms with van der Waals surface area (Å²) in [7, 11) is 3.92. The number of likely N-dealkylation sites (N-methyl/N-ethyl adjacent to an activating group) is 1. The number of nitrogens with one attached hydrogen (secondary N) is 1. The molecule has 1 saturated carbocycles. The van der Waals surface area contributed by atoms with E-state index in [1.54, 1.807) is 0 Å². The van der Waals surface area contributed by atoms with Crippen molar-refractivity contribution in [1.29, 1.82) is 0 Å². The van der Waals surface area contributed by atoms with E-state index in [0.29, 0.717) is 0 Å². The molecule has 1 N–H and O–H groups in total. The largest absolute Gasteiger partial charge is 0.379 e. The minimum atomic E-state index is 0. The van der Waals surface area contributed by atoms with Crippen molar-refractivity contribution >= 4 is 29.9 Å².